The number of carbonyl (C=O) groups is 1. The summed E-state index contributed by atoms with van der Waals surface area (Å²) in [5.41, 5.74) is 3.99. The van der Waals surface area contributed by atoms with Crippen molar-refractivity contribution < 1.29 is 9.53 Å². The molecule has 29 heavy (non-hydrogen) atoms. The Balaban J connectivity index is 1.73. The molecule has 3 aromatic rings. The number of benzene rings is 2. The van der Waals surface area contributed by atoms with Crippen molar-refractivity contribution in [3.63, 3.8) is 0 Å². The summed E-state index contributed by atoms with van der Waals surface area (Å²) in [7, 11) is 1.68. The largest absolute Gasteiger partial charge is 0.385 e. The van der Waals surface area contributed by atoms with Gasteiger partial charge in [-0.15, -0.1) is 0 Å². The van der Waals surface area contributed by atoms with Gasteiger partial charge in [-0.3, -0.25) is 9.48 Å². The molecule has 1 amide bonds. The monoisotopic (exact) mass is 389 g/mol. The van der Waals surface area contributed by atoms with Gasteiger partial charge in [0, 0.05) is 43.7 Å². The van der Waals surface area contributed by atoms with Crippen LogP contribution in [0.15, 0.2) is 72.9 Å². The third-order valence-corrected chi connectivity index (χ3v) is 4.51. The van der Waals surface area contributed by atoms with E-state index >= 15 is 0 Å². The standard InChI is InChI=1S/C24H27N3O2/c1-29-17-9-8-16-25-23(28)15-14-22-19-27(18-20-10-4-2-5-11-20)26-24(22)21-12-6-3-7-13-21/h2-7,10-15,19H,8-9,16-18H2,1H3,(H,25,28)/b15-14+. The van der Waals surface area contributed by atoms with Crippen LogP contribution in [0.3, 0.4) is 0 Å². The van der Waals surface area contributed by atoms with Crippen molar-refractivity contribution in [1.82, 2.24) is 15.1 Å². The van der Waals surface area contributed by atoms with Gasteiger partial charge in [-0.25, -0.2) is 0 Å². The SMILES string of the molecule is COCCCCNC(=O)/C=C/c1cn(Cc2ccccc2)nc1-c1ccccc1. The Morgan fingerprint density at radius 2 is 1.79 bits per heavy atom. The van der Waals surface area contributed by atoms with Gasteiger partial charge < -0.3 is 10.1 Å². The first-order valence-electron chi connectivity index (χ1n) is 9.88. The van der Waals surface area contributed by atoms with E-state index in [4.69, 9.17) is 9.84 Å². The number of aromatic nitrogens is 2. The highest BCUT2D eigenvalue weighted by Crippen LogP contribution is 2.23. The maximum absolute atomic E-state index is 12.1. The Morgan fingerprint density at radius 3 is 2.52 bits per heavy atom. The lowest BCUT2D eigenvalue weighted by atomic mass is 10.1. The van der Waals surface area contributed by atoms with E-state index in [1.807, 2.05) is 65.5 Å². The molecule has 0 aliphatic heterocycles. The first-order chi connectivity index (χ1) is 14.3. The number of ether oxygens (including phenoxy) is 1. The third-order valence-electron chi connectivity index (χ3n) is 4.51. The number of carbonyl (C=O) groups excluding carboxylic acids is 1. The highest BCUT2D eigenvalue weighted by atomic mass is 16.5. The average molecular weight is 389 g/mol. The number of rotatable bonds is 10. The second-order valence-corrected chi connectivity index (χ2v) is 6.81. The molecular formula is C24H27N3O2. The second kappa shape index (κ2) is 11.0. The molecule has 5 nitrogen and oxygen atoms in total. The van der Waals surface area contributed by atoms with Crippen molar-refractivity contribution in [2.45, 2.75) is 19.4 Å². The van der Waals surface area contributed by atoms with Crippen LogP contribution < -0.4 is 5.32 Å². The summed E-state index contributed by atoms with van der Waals surface area (Å²) < 4.78 is 6.93. The first-order valence-corrected chi connectivity index (χ1v) is 9.88. The number of nitrogens with zero attached hydrogens (tertiary/aromatic N) is 2. The van der Waals surface area contributed by atoms with Crippen molar-refractivity contribution in [1.29, 1.82) is 0 Å². The fourth-order valence-corrected chi connectivity index (χ4v) is 3.04. The minimum atomic E-state index is -0.0998. The average Bonchev–Trinajstić information content (AvgIpc) is 3.16. The van der Waals surface area contributed by atoms with Gasteiger partial charge >= 0.3 is 0 Å². The number of hydrogen-bond donors (Lipinski definition) is 1. The van der Waals surface area contributed by atoms with Crippen molar-refractivity contribution in [2.75, 3.05) is 20.3 Å². The molecule has 0 saturated carbocycles. The molecule has 0 bridgehead atoms. The number of amides is 1. The van der Waals surface area contributed by atoms with Crippen LogP contribution >= 0.6 is 0 Å². The van der Waals surface area contributed by atoms with Gasteiger partial charge in [0.2, 0.25) is 5.91 Å². The summed E-state index contributed by atoms with van der Waals surface area (Å²) in [4.78, 5) is 12.1. The third kappa shape index (κ3) is 6.43. The fourth-order valence-electron chi connectivity index (χ4n) is 3.04. The molecule has 1 aromatic heterocycles. The first kappa shape index (κ1) is 20.6. The fraction of sp³-hybridized carbons (Fsp3) is 0.250. The maximum atomic E-state index is 12.1. The zero-order chi connectivity index (χ0) is 20.3. The van der Waals surface area contributed by atoms with Gasteiger partial charge in [-0.2, -0.15) is 5.10 Å². The van der Waals surface area contributed by atoms with Gasteiger partial charge in [0.15, 0.2) is 0 Å². The number of methoxy groups -OCH3 is 1. The van der Waals surface area contributed by atoms with E-state index in [-0.39, 0.29) is 5.91 Å². The summed E-state index contributed by atoms with van der Waals surface area (Å²) in [5.74, 6) is -0.0998. The predicted octanol–water partition coefficient (Wildman–Crippen LogP) is 4.15. The van der Waals surface area contributed by atoms with E-state index in [1.165, 1.54) is 5.56 Å². The summed E-state index contributed by atoms with van der Waals surface area (Å²) in [5, 5.41) is 7.68. The summed E-state index contributed by atoms with van der Waals surface area (Å²) >= 11 is 0. The van der Waals surface area contributed by atoms with Crippen molar-refractivity contribution in [2.24, 2.45) is 0 Å². The molecule has 0 unspecified atom stereocenters. The van der Waals surface area contributed by atoms with E-state index in [1.54, 1.807) is 13.2 Å². The van der Waals surface area contributed by atoms with E-state index < -0.39 is 0 Å². The predicted molar refractivity (Wildman–Crippen MR) is 116 cm³/mol. The highest BCUT2D eigenvalue weighted by molar-refractivity contribution is 5.92. The van der Waals surface area contributed by atoms with Crippen LogP contribution in [0.4, 0.5) is 0 Å². The van der Waals surface area contributed by atoms with Crippen LogP contribution in [-0.4, -0.2) is 35.9 Å². The van der Waals surface area contributed by atoms with Crippen molar-refractivity contribution in [3.8, 4) is 11.3 Å². The van der Waals surface area contributed by atoms with E-state index in [2.05, 4.69) is 17.4 Å². The molecule has 0 spiro atoms. The normalized spacial score (nSPS) is 11.1. The van der Waals surface area contributed by atoms with Gasteiger partial charge in [-0.05, 0) is 24.5 Å². The zero-order valence-corrected chi connectivity index (χ0v) is 16.8. The smallest absolute Gasteiger partial charge is 0.244 e. The lowest BCUT2D eigenvalue weighted by Crippen LogP contribution is -2.22. The Morgan fingerprint density at radius 1 is 1.07 bits per heavy atom. The minimum absolute atomic E-state index is 0.0998. The molecular weight excluding hydrogens is 362 g/mol. The van der Waals surface area contributed by atoms with Crippen LogP contribution in [-0.2, 0) is 16.1 Å². The second-order valence-electron chi connectivity index (χ2n) is 6.81. The number of nitrogens with one attached hydrogen (secondary N) is 1. The molecule has 0 atom stereocenters. The van der Waals surface area contributed by atoms with E-state index in [0.29, 0.717) is 19.7 Å². The lowest BCUT2D eigenvalue weighted by molar-refractivity contribution is -0.116. The Bertz CT molecular complexity index is 918. The molecule has 150 valence electrons. The van der Waals surface area contributed by atoms with Gasteiger partial charge in [0.1, 0.15) is 0 Å². The van der Waals surface area contributed by atoms with Crippen LogP contribution in [0.5, 0.6) is 0 Å². The van der Waals surface area contributed by atoms with Crippen molar-refractivity contribution in [3.05, 3.63) is 84.1 Å². The molecule has 5 heteroatoms. The Labute approximate surface area is 172 Å². The highest BCUT2D eigenvalue weighted by Gasteiger charge is 2.10. The van der Waals surface area contributed by atoms with Crippen molar-refractivity contribution >= 4 is 12.0 Å². The van der Waals surface area contributed by atoms with Crippen LogP contribution in [0.2, 0.25) is 0 Å². The summed E-state index contributed by atoms with van der Waals surface area (Å²) in [6.45, 7) is 2.04. The van der Waals surface area contributed by atoms with Crippen LogP contribution in [0.1, 0.15) is 24.0 Å². The molecule has 0 radical (unpaired) electrons. The zero-order valence-electron chi connectivity index (χ0n) is 16.8. The summed E-state index contributed by atoms with van der Waals surface area (Å²) in [6, 6.07) is 20.2. The van der Waals surface area contributed by atoms with Crippen LogP contribution in [0, 0.1) is 0 Å². The molecule has 2 aromatic carbocycles. The quantitative estimate of drug-likeness (QED) is 0.419. The van der Waals surface area contributed by atoms with Crippen LogP contribution in [0.25, 0.3) is 17.3 Å². The molecule has 0 saturated heterocycles. The molecule has 1 heterocycles. The molecule has 0 aliphatic rings. The van der Waals surface area contributed by atoms with Gasteiger partial charge in [-0.1, -0.05) is 60.7 Å². The number of unbranched alkanes of at least 4 members (excludes halogenated alkanes) is 1. The molecule has 0 aliphatic carbocycles. The number of hydrogen-bond acceptors (Lipinski definition) is 3. The molecule has 1 N–H and O–H groups in total. The maximum Gasteiger partial charge on any atom is 0.244 e. The molecule has 0 fully saturated rings. The summed E-state index contributed by atoms with van der Waals surface area (Å²) in [6.07, 6.45) is 7.23. The van der Waals surface area contributed by atoms with Gasteiger partial charge in [0.25, 0.3) is 0 Å². The topological polar surface area (TPSA) is 56.1 Å². The van der Waals surface area contributed by atoms with Gasteiger partial charge in [0.05, 0.1) is 12.2 Å². The van der Waals surface area contributed by atoms with E-state index in [0.717, 1.165) is 29.7 Å². The lowest BCUT2D eigenvalue weighted by Gasteiger charge is -2.02. The molecule has 3 rings (SSSR count). The Hall–Kier alpha value is -3.18. The van der Waals surface area contributed by atoms with E-state index in [9.17, 15) is 4.79 Å². The minimum Gasteiger partial charge on any atom is -0.385 e. The Kier molecular flexibility index (Phi) is 7.78.